The van der Waals surface area contributed by atoms with Gasteiger partial charge in [0.2, 0.25) is 0 Å². The maximum Gasteiger partial charge on any atom is 0.333 e. The molecule has 0 N–H and O–H groups in total. The van der Waals surface area contributed by atoms with Crippen LogP contribution in [0.1, 0.15) is 38.2 Å². The number of esters is 2. The van der Waals surface area contributed by atoms with Gasteiger partial charge in [0, 0.05) is 11.6 Å². The molecule has 0 amide bonds. The minimum absolute atomic E-state index is 0.173. The lowest BCUT2D eigenvalue weighted by Gasteiger charge is -2.09. The van der Waals surface area contributed by atoms with Crippen LogP contribution in [0.3, 0.4) is 0 Å². The molecular weight excluding hydrogens is 492 g/mol. The van der Waals surface area contributed by atoms with Crippen molar-refractivity contribution in [2.24, 2.45) is 0 Å². The molecule has 3 rings (SSSR count). The summed E-state index contributed by atoms with van der Waals surface area (Å²) in [6.07, 6.45) is 6.93. The van der Waals surface area contributed by atoms with Crippen molar-refractivity contribution >= 4 is 18.0 Å². The molecule has 0 radical (unpaired) electrons. The van der Waals surface area contributed by atoms with Crippen LogP contribution in [0, 0.1) is 0 Å². The fraction of sp³-hybridized carbons (Fsp3) is 0.273. The number of hydrogen-bond donors (Lipinski definition) is 0. The summed E-state index contributed by atoms with van der Waals surface area (Å²) >= 11 is 0. The lowest BCUT2D eigenvalue weighted by Crippen LogP contribution is -2.10. The number of hydrogen-bond acceptors (Lipinski definition) is 6. The van der Waals surface area contributed by atoms with E-state index in [1.165, 1.54) is 6.08 Å². The normalized spacial score (nSPS) is 10.7. The monoisotopic (exact) mass is 528 g/mol. The Bertz CT molecular complexity index is 1200. The highest BCUT2D eigenvalue weighted by atomic mass is 16.6. The summed E-state index contributed by atoms with van der Waals surface area (Å²) in [5.41, 5.74) is 3.52. The van der Waals surface area contributed by atoms with Crippen LogP contribution in [0.25, 0.3) is 17.2 Å². The summed E-state index contributed by atoms with van der Waals surface area (Å²) in [6, 6.07) is 25.4. The summed E-state index contributed by atoms with van der Waals surface area (Å²) in [6.45, 7) is 6.75. The molecule has 0 unspecified atom stereocenters. The van der Waals surface area contributed by atoms with Crippen LogP contribution < -0.4 is 9.47 Å². The Kier molecular flexibility index (Phi) is 12.4. The SMILES string of the molecule is C=C(C)C(=O)OCCCCCCOc1ccc(-c2ccc(OCCOC(=O)C=Cc3ccccc3)cc2)cc1. The maximum absolute atomic E-state index is 11.8. The van der Waals surface area contributed by atoms with E-state index in [1.807, 2.05) is 78.9 Å². The summed E-state index contributed by atoms with van der Waals surface area (Å²) in [4.78, 5) is 23.1. The van der Waals surface area contributed by atoms with E-state index in [0.717, 1.165) is 48.1 Å². The first-order chi connectivity index (χ1) is 19.0. The maximum atomic E-state index is 11.8. The molecule has 0 aliphatic heterocycles. The molecule has 0 aromatic heterocycles. The number of carbonyl (C=O) groups is 2. The predicted molar refractivity (Wildman–Crippen MR) is 154 cm³/mol. The van der Waals surface area contributed by atoms with Crippen molar-refractivity contribution in [3.8, 4) is 22.6 Å². The third-order valence-corrected chi connectivity index (χ3v) is 5.74. The lowest BCUT2D eigenvalue weighted by molar-refractivity contribution is -0.139. The number of unbranched alkanes of at least 4 members (excludes halogenated alkanes) is 3. The quantitative estimate of drug-likeness (QED) is 0.113. The highest BCUT2D eigenvalue weighted by molar-refractivity contribution is 5.87. The summed E-state index contributed by atoms with van der Waals surface area (Å²) in [5, 5.41) is 0. The van der Waals surface area contributed by atoms with Crippen molar-refractivity contribution in [2.75, 3.05) is 26.4 Å². The predicted octanol–water partition coefficient (Wildman–Crippen LogP) is 7.05. The highest BCUT2D eigenvalue weighted by Gasteiger charge is 2.03. The van der Waals surface area contributed by atoms with E-state index >= 15 is 0 Å². The highest BCUT2D eigenvalue weighted by Crippen LogP contribution is 2.25. The second kappa shape index (κ2) is 16.5. The van der Waals surface area contributed by atoms with E-state index in [1.54, 1.807) is 13.0 Å². The van der Waals surface area contributed by atoms with Crippen molar-refractivity contribution in [3.63, 3.8) is 0 Å². The Hall–Kier alpha value is -4.32. The van der Waals surface area contributed by atoms with Crippen LogP contribution in [0.4, 0.5) is 0 Å². The van der Waals surface area contributed by atoms with Crippen LogP contribution in [0.15, 0.2) is 97.1 Å². The largest absolute Gasteiger partial charge is 0.494 e. The van der Waals surface area contributed by atoms with Gasteiger partial charge in [0.05, 0.1) is 13.2 Å². The standard InChI is InChI=1S/C33H36O6/c1-26(2)33(35)39-23-9-4-3-8-22-36-30-17-13-28(14-18-30)29-15-19-31(20-16-29)37-24-25-38-32(34)21-12-27-10-6-5-7-11-27/h5-7,10-21H,1,3-4,8-9,22-25H2,2H3. The third kappa shape index (κ3) is 11.3. The molecule has 3 aromatic carbocycles. The molecule has 0 heterocycles. The van der Waals surface area contributed by atoms with E-state index in [2.05, 4.69) is 6.58 Å². The zero-order valence-electron chi connectivity index (χ0n) is 22.5. The van der Waals surface area contributed by atoms with Crippen LogP contribution in [0.5, 0.6) is 11.5 Å². The molecular formula is C33H36O6. The van der Waals surface area contributed by atoms with Gasteiger partial charge in [-0.15, -0.1) is 0 Å². The van der Waals surface area contributed by atoms with Gasteiger partial charge in [-0.25, -0.2) is 9.59 Å². The third-order valence-electron chi connectivity index (χ3n) is 5.74. The molecule has 0 aliphatic rings. The number of ether oxygens (including phenoxy) is 4. The first-order valence-electron chi connectivity index (χ1n) is 13.2. The van der Waals surface area contributed by atoms with Crippen molar-refractivity contribution in [1.29, 1.82) is 0 Å². The molecule has 39 heavy (non-hydrogen) atoms. The first kappa shape index (κ1) is 29.2. The molecule has 0 aliphatic carbocycles. The van der Waals surface area contributed by atoms with Gasteiger partial charge in [-0.1, -0.05) is 61.2 Å². The van der Waals surface area contributed by atoms with Crippen molar-refractivity contribution < 1.29 is 28.5 Å². The Labute approximate surface area is 230 Å². The number of rotatable bonds is 16. The van der Waals surface area contributed by atoms with Gasteiger partial charge in [-0.3, -0.25) is 0 Å². The molecule has 0 saturated heterocycles. The van der Waals surface area contributed by atoms with E-state index in [4.69, 9.17) is 18.9 Å². The van der Waals surface area contributed by atoms with Crippen LogP contribution in [-0.2, 0) is 19.1 Å². The van der Waals surface area contributed by atoms with Gasteiger partial charge in [0.25, 0.3) is 0 Å². The Morgan fingerprint density at radius 3 is 1.82 bits per heavy atom. The summed E-state index contributed by atoms with van der Waals surface area (Å²) in [5.74, 6) is 0.823. The molecule has 6 nitrogen and oxygen atoms in total. The Morgan fingerprint density at radius 2 is 1.23 bits per heavy atom. The zero-order valence-corrected chi connectivity index (χ0v) is 22.5. The minimum Gasteiger partial charge on any atom is -0.494 e. The van der Waals surface area contributed by atoms with E-state index in [9.17, 15) is 9.59 Å². The van der Waals surface area contributed by atoms with E-state index < -0.39 is 5.97 Å². The number of carbonyl (C=O) groups excluding carboxylic acids is 2. The van der Waals surface area contributed by atoms with Crippen LogP contribution in [0.2, 0.25) is 0 Å². The second-order valence-corrected chi connectivity index (χ2v) is 8.99. The average Bonchev–Trinajstić information content (AvgIpc) is 2.96. The van der Waals surface area contributed by atoms with Gasteiger partial charge in [-0.2, -0.15) is 0 Å². The summed E-state index contributed by atoms with van der Waals surface area (Å²) < 4.78 is 21.8. The fourth-order valence-electron chi connectivity index (χ4n) is 3.60. The van der Waals surface area contributed by atoms with Gasteiger partial charge in [-0.05, 0) is 79.6 Å². The zero-order chi connectivity index (χ0) is 27.7. The van der Waals surface area contributed by atoms with Crippen molar-refractivity contribution in [3.05, 3.63) is 103 Å². The summed E-state index contributed by atoms with van der Waals surface area (Å²) in [7, 11) is 0. The molecule has 0 atom stereocenters. The molecule has 0 fully saturated rings. The van der Waals surface area contributed by atoms with Crippen LogP contribution >= 0.6 is 0 Å². The topological polar surface area (TPSA) is 71.1 Å². The lowest BCUT2D eigenvalue weighted by atomic mass is 10.1. The first-order valence-corrected chi connectivity index (χ1v) is 13.2. The van der Waals surface area contributed by atoms with E-state index in [-0.39, 0.29) is 19.2 Å². The fourth-order valence-corrected chi connectivity index (χ4v) is 3.60. The van der Waals surface area contributed by atoms with Gasteiger partial charge >= 0.3 is 11.9 Å². The molecule has 3 aromatic rings. The molecule has 0 saturated carbocycles. The second-order valence-electron chi connectivity index (χ2n) is 8.99. The van der Waals surface area contributed by atoms with Gasteiger partial charge < -0.3 is 18.9 Å². The van der Waals surface area contributed by atoms with Gasteiger partial charge in [0.1, 0.15) is 24.7 Å². The average molecular weight is 529 g/mol. The van der Waals surface area contributed by atoms with Gasteiger partial charge in [0.15, 0.2) is 0 Å². The van der Waals surface area contributed by atoms with Crippen LogP contribution in [-0.4, -0.2) is 38.4 Å². The minimum atomic E-state index is -0.399. The van der Waals surface area contributed by atoms with E-state index in [0.29, 0.717) is 24.5 Å². The Balaban J connectivity index is 1.29. The molecule has 0 spiro atoms. The van der Waals surface area contributed by atoms with Crippen molar-refractivity contribution in [2.45, 2.75) is 32.6 Å². The Morgan fingerprint density at radius 1 is 0.667 bits per heavy atom. The molecule has 6 heteroatoms. The smallest absolute Gasteiger partial charge is 0.333 e. The van der Waals surface area contributed by atoms with Crippen molar-refractivity contribution in [1.82, 2.24) is 0 Å². The number of benzene rings is 3. The molecule has 204 valence electrons. The molecule has 0 bridgehead atoms.